The topological polar surface area (TPSA) is 77.4 Å². The van der Waals surface area contributed by atoms with E-state index < -0.39 is 15.1 Å². The first-order valence-electron chi connectivity index (χ1n) is 8.55. The molecule has 0 rings (SSSR count). The Labute approximate surface area is 180 Å². The maximum absolute atomic E-state index is 11.3. The van der Waals surface area contributed by atoms with Gasteiger partial charge in [-0.1, -0.05) is 71.6 Å². The average Bonchev–Trinajstić information content (AvgIpc) is 2.41. The molecule has 6 heteroatoms. The number of rotatable bonds is 14. The number of unbranched alkanes of at least 4 members (excludes halogenated alkanes) is 9. The van der Waals surface area contributed by atoms with Crippen LogP contribution in [0.15, 0.2) is 0 Å². The van der Waals surface area contributed by atoms with Crippen LogP contribution in [-0.2, 0) is 10.1 Å². The molecule has 0 saturated carbocycles. The zero-order valence-electron chi connectivity index (χ0n) is 14.8. The van der Waals surface area contributed by atoms with Gasteiger partial charge in [0, 0.05) is 0 Å². The molecule has 1 N–H and O–H groups in total. The smallest absolute Gasteiger partial charge is 0.746 e. The van der Waals surface area contributed by atoms with Crippen molar-refractivity contribution in [1.29, 1.82) is 0 Å². The summed E-state index contributed by atoms with van der Waals surface area (Å²) in [5.74, 6) is 0. The van der Waals surface area contributed by atoms with Gasteiger partial charge in [0.15, 0.2) is 4.93 Å². The summed E-state index contributed by atoms with van der Waals surface area (Å²) in [5, 5.41) is 10.2. The molecule has 4 nitrogen and oxygen atoms in total. The molecule has 0 radical (unpaired) electrons. The predicted molar refractivity (Wildman–Crippen MR) is 86.0 cm³/mol. The van der Waals surface area contributed by atoms with Gasteiger partial charge in [0.2, 0.25) is 0 Å². The third-order valence-electron chi connectivity index (χ3n) is 4.06. The summed E-state index contributed by atoms with van der Waals surface area (Å²) >= 11 is 0. The van der Waals surface area contributed by atoms with Crippen LogP contribution in [0.2, 0.25) is 0 Å². The second-order valence-corrected chi connectivity index (χ2v) is 7.75. The van der Waals surface area contributed by atoms with Crippen LogP contribution in [0.4, 0.5) is 0 Å². The molecular weight excluding hydrogens is 327 g/mol. The van der Waals surface area contributed by atoms with E-state index in [4.69, 9.17) is 0 Å². The Hall–Kier alpha value is 1.51. The van der Waals surface area contributed by atoms with Gasteiger partial charge >= 0.3 is 51.4 Å². The van der Waals surface area contributed by atoms with Crippen LogP contribution in [0, 0.1) is 0 Å². The Bertz CT molecular complexity index is 346. The van der Waals surface area contributed by atoms with Gasteiger partial charge in [-0.3, -0.25) is 0 Å². The standard InChI is InChI=1S/C16H34O4S.K/c1-3-5-7-9-11-13-15-16(17,21(18,19)20)14-12-10-8-6-4-2;/h17H,3-15H2,1-2H3,(H,18,19,20);/q;+1/p-1. The van der Waals surface area contributed by atoms with Crippen molar-refractivity contribution >= 4 is 10.1 Å². The molecule has 0 amide bonds. The van der Waals surface area contributed by atoms with Crippen LogP contribution in [-0.4, -0.2) is 23.0 Å². The summed E-state index contributed by atoms with van der Waals surface area (Å²) in [6, 6.07) is 0. The molecule has 1 unspecified atom stereocenters. The van der Waals surface area contributed by atoms with E-state index >= 15 is 0 Å². The van der Waals surface area contributed by atoms with Gasteiger partial charge in [0.05, 0.1) is 0 Å². The van der Waals surface area contributed by atoms with Crippen LogP contribution in [0.1, 0.15) is 97.3 Å². The molecule has 22 heavy (non-hydrogen) atoms. The molecule has 0 aromatic heterocycles. The van der Waals surface area contributed by atoms with Gasteiger partial charge in [0.1, 0.15) is 10.1 Å². The van der Waals surface area contributed by atoms with Gasteiger partial charge in [-0.25, -0.2) is 8.42 Å². The maximum Gasteiger partial charge on any atom is 1.00 e. The second kappa shape index (κ2) is 14.8. The molecule has 0 aromatic carbocycles. The summed E-state index contributed by atoms with van der Waals surface area (Å²) in [5.41, 5.74) is 0. The van der Waals surface area contributed by atoms with Crippen molar-refractivity contribution in [2.45, 2.75) is 102 Å². The summed E-state index contributed by atoms with van der Waals surface area (Å²) in [6.07, 6.45) is 10.9. The Kier molecular flexibility index (Phi) is 17.3. The fraction of sp³-hybridized carbons (Fsp3) is 1.00. The fourth-order valence-electron chi connectivity index (χ4n) is 2.56. The molecule has 0 aliphatic carbocycles. The van der Waals surface area contributed by atoms with Crippen molar-refractivity contribution in [2.75, 3.05) is 0 Å². The van der Waals surface area contributed by atoms with Crippen molar-refractivity contribution in [2.24, 2.45) is 0 Å². The fourth-order valence-corrected chi connectivity index (χ4v) is 3.35. The minimum Gasteiger partial charge on any atom is -0.746 e. The first kappa shape index (κ1) is 25.7. The molecule has 128 valence electrons. The van der Waals surface area contributed by atoms with Gasteiger partial charge in [0.25, 0.3) is 0 Å². The van der Waals surface area contributed by atoms with Crippen molar-refractivity contribution in [3.63, 3.8) is 0 Å². The van der Waals surface area contributed by atoms with E-state index in [1.165, 1.54) is 6.42 Å². The zero-order chi connectivity index (χ0) is 16.2. The number of hydrogen-bond acceptors (Lipinski definition) is 4. The number of hydrogen-bond donors (Lipinski definition) is 1. The van der Waals surface area contributed by atoms with Crippen LogP contribution in [0.25, 0.3) is 0 Å². The molecule has 0 aliphatic rings. The first-order valence-corrected chi connectivity index (χ1v) is 9.96. The summed E-state index contributed by atoms with van der Waals surface area (Å²) < 4.78 is 34.0. The van der Waals surface area contributed by atoms with Gasteiger partial charge in [-0.15, -0.1) is 0 Å². The van der Waals surface area contributed by atoms with Crippen LogP contribution in [0.5, 0.6) is 0 Å². The second-order valence-electron chi connectivity index (χ2n) is 6.08. The third-order valence-corrected chi connectivity index (χ3v) is 5.40. The first-order chi connectivity index (χ1) is 9.87. The minimum absolute atomic E-state index is 0. The monoisotopic (exact) mass is 360 g/mol. The molecule has 1 atom stereocenters. The minimum atomic E-state index is -4.65. The van der Waals surface area contributed by atoms with E-state index in [9.17, 15) is 18.1 Å². The van der Waals surface area contributed by atoms with Crippen molar-refractivity contribution in [3.8, 4) is 0 Å². The Morgan fingerprint density at radius 3 is 1.41 bits per heavy atom. The zero-order valence-corrected chi connectivity index (χ0v) is 18.7. The Balaban J connectivity index is 0. The van der Waals surface area contributed by atoms with Crippen LogP contribution < -0.4 is 51.4 Å². The van der Waals surface area contributed by atoms with Crippen molar-refractivity contribution in [3.05, 3.63) is 0 Å². The quantitative estimate of drug-likeness (QED) is 0.288. The van der Waals surface area contributed by atoms with E-state index in [1.807, 2.05) is 0 Å². The molecular formula is C16H33KO4S. The Morgan fingerprint density at radius 1 is 0.773 bits per heavy atom. The van der Waals surface area contributed by atoms with Gasteiger partial charge < -0.3 is 9.66 Å². The number of aliphatic hydroxyl groups is 1. The van der Waals surface area contributed by atoms with Crippen LogP contribution in [0.3, 0.4) is 0 Å². The summed E-state index contributed by atoms with van der Waals surface area (Å²) in [7, 11) is -4.65. The maximum atomic E-state index is 11.3. The predicted octanol–water partition coefficient (Wildman–Crippen LogP) is 1.34. The van der Waals surface area contributed by atoms with E-state index in [1.54, 1.807) is 0 Å². The molecule has 0 fully saturated rings. The third kappa shape index (κ3) is 12.0. The van der Waals surface area contributed by atoms with Gasteiger partial charge in [-0.05, 0) is 25.7 Å². The van der Waals surface area contributed by atoms with E-state index in [-0.39, 0.29) is 64.2 Å². The van der Waals surface area contributed by atoms with E-state index in [0.29, 0.717) is 12.8 Å². The van der Waals surface area contributed by atoms with Crippen molar-refractivity contribution in [1.82, 2.24) is 0 Å². The Morgan fingerprint density at radius 2 is 1.09 bits per heavy atom. The molecule has 0 spiro atoms. The van der Waals surface area contributed by atoms with Crippen molar-refractivity contribution < 1.29 is 69.5 Å². The summed E-state index contributed by atoms with van der Waals surface area (Å²) in [4.78, 5) is -2.05. The SMILES string of the molecule is CCCCCCCCC(O)(CCCCCCC)S(=O)(=O)[O-].[K+]. The molecule has 0 aromatic rings. The largest absolute Gasteiger partial charge is 1.00 e. The summed E-state index contributed by atoms with van der Waals surface area (Å²) in [6.45, 7) is 4.25. The molecule has 0 aliphatic heterocycles. The van der Waals surface area contributed by atoms with Crippen LogP contribution >= 0.6 is 0 Å². The molecule has 0 heterocycles. The average molecular weight is 361 g/mol. The molecule has 0 saturated heterocycles. The normalized spacial score (nSPS) is 14.4. The van der Waals surface area contributed by atoms with Gasteiger partial charge in [-0.2, -0.15) is 0 Å². The van der Waals surface area contributed by atoms with E-state index in [2.05, 4.69) is 13.8 Å². The molecule has 0 bridgehead atoms. The van der Waals surface area contributed by atoms with E-state index in [0.717, 1.165) is 51.4 Å².